The molecule has 2 aromatic rings. The van der Waals surface area contributed by atoms with E-state index >= 15 is 0 Å². The van der Waals surface area contributed by atoms with Crippen molar-refractivity contribution in [3.63, 3.8) is 0 Å². The van der Waals surface area contributed by atoms with E-state index in [1.54, 1.807) is 12.1 Å². The van der Waals surface area contributed by atoms with E-state index in [2.05, 4.69) is 20.9 Å². The zero-order valence-electron chi connectivity index (χ0n) is 14.8. The Labute approximate surface area is 166 Å². The molecule has 7 heteroatoms. The highest BCUT2D eigenvalue weighted by atomic mass is 79.9. The lowest BCUT2D eigenvalue weighted by atomic mass is 10.1. The number of nitro benzene ring substituents is 1. The van der Waals surface area contributed by atoms with Gasteiger partial charge >= 0.3 is 0 Å². The molecule has 0 unspecified atom stereocenters. The van der Waals surface area contributed by atoms with Crippen molar-refractivity contribution in [3.8, 4) is 0 Å². The molecule has 27 heavy (non-hydrogen) atoms. The summed E-state index contributed by atoms with van der Waals surface area (Å²) in [4.78, 5) is 30.0. The minimum atomic E-state index is -0.487. The van der Waals surface area contributed by atoms with Crippen LogP contribution in [0, 0.1) is 10.1 Å². The number of aliphatic imine (C=N–C) groups is 1. The maximum Gasteiger partial charge on any atom is 0.270 e. The van der Waals surface area contributed by atoms with Gasteiger partial charge in [-0.05, 0) is 37.1 Å². The predicted octanol–water partition coefficient (Wildman–Crippen LogP) is 5.02. The summed E-state index contributed by atoms with van der Waals surface area (Å²) in [7, 11) is 0. The van der Waals surface area contributed by atoms with Gasteiger partial charge in [0.15, 0.2) is 5.78 Å². The van der Waals surface area contributed by atoms with E-state index in [-0.39, 0.29) is 18.0 Å². The van der Waals surface area contributed by atoms with Crippen LogP contribution in [0.15, 0.2) is 58.0 Å². The molecule has 3 rings (SSSR count). The van der Waals surface area contributed by atoms with Crippen molar-refractivity contribution in [2.24, 2.45) is 4.99 Å². The van der Waals surface area contributed by atoms with Gasteiger partial charge in [-0.1, -0.05) is 34.5 Å². The zero-order chi connectivity index (χ0) is 19.2. The largest absolute Gasteiger partial charge is 0.322 e. The van der Waals surface area contributed by atoms with E-state index in [1.165, 1.54) is 12.1 Å². The van der Waals surface area contributed by atoms with Crippen LogP contribution < -0.4 is 4.90 Å². The average molecular weight is 430 g/mol. The van der Waals surface area contributed by atoms with Gasteiger partial charge in [-0.15, -0.1) is 0 Å². The van der Waals surface area contributed by atoms with Crippen molar-refractivity contribution in [1.82, 2.24) is 0 Å². The number of nitro groups is 1. The van der Waals surface area contributed by atoms with Crippen molar-refractivity contribution in [3.05, 3.63) is 68.7 Å². The number of carbonyl (C=O) groups excluding carboxylic acids is 1. The molecule has 140 valence electrons. The minimum Gasteiger partial charge on any atom is -0.322 e. The minimum absolute atomic E-state index is 0.0807. The van der Waals surface area contributed by atoms with Crippen LogP contribution in [0.1, 0.15) is 36.0 Å². The number of hydrogen-bond donors (Lipinski definition) is 0. The standard InChI is InChI=1S/C20H20BrN3O3/c21-16-8-10-17(11-9-16)23(20-7-2-1-3-12-22-20)14-19(25)15-5-4-6-18(13-15)24(26)27/h4-6,8-11,13H,1-3,7,12,14H2. The number of hydrogen-bond acceptors (Lipinski definition) is 5. The topological polar surface area (TPSA) is 75.8 Å². The molecule has 0 atom stereocenters. The second kappa shape index (κ2) is 8.90. The molecule has 0 aromatic heterocycles. The average Bonchev–Trinajstić information content (AvgIpc) is 2.96. The van der Waals surface area contributed by atoms with E-state index in [1.807, 2.05) is 29.2 Å². The van der Waals surface area contributed by atoms with Gasteiger partial charge in [-0.25, -0.2) is 0 Å². The number of benzene rings is 2. The molecule has 1 aliphatic heterocycles. The number of nitrogens with zero attached hydrogens (tertiary/aromatic N) is 3. The van der Waals surface area contributed by atoms with Gasteiger partial charge in [0.2, 0.25) is 0 Å². The van der Waals surface area contributed by atoms with Gasteiger partial charge in [0.25, 0.3) is 5.69 Å². The van der Waals surface area contributed by atoms with Crippen LogP contribution in [-0.4, -0.2) is 29.6 Å². The van der Waals surface area contributed by atoms with E-state index in [4.69, 9.17) is 0 Å². The van der Waals surface area contributed by atoms with Crippen molar-refractivity contribution >= 4 is 38.9 Å². The molecule has 0 saturated heterocycles. The predicted molar refractivity (Wildman–Crippen MR) is 110 cm³/mol. The first-order valence-electron chi connectivity index (χ1n) is 8.88. The summed E-state index contributed by atoms with van der Waals surface area (Å²) in [5.41, 5.74) is 1.14. The number of anilines is 1. The van der Waals surface area contributed by atoms with Crippen LogP contribution in [0.25, 0.3) is 0 Å². The molecular formula is C20H20BrN3O3. The van der Waals surface area contributed by atoms with E-state index in [0.29, 0.717) is 5.56 Å². The third-order valence-corrected chi connectivity index (χ3v) is 5.01. The molecule has 0 amide bonds. The number of ketones is 1. The van der Waals surface area contributed by atoms with E-state index < -0.39 is 4.92 Å². The van der Waals surface area contributed by atoms with Gasteiger partial charge in [0, 0.05) is 40.8 Å². The van der Waals surface area contributed by atoms with Crippen molar-refractivity contribution in [1.29, 1.82) is 0 Å². The van der Waals surface area contributed by atoms with Gasteiger partial charge in [-0.2, -0.15) is 0 Å². The van der Waals surface area contributed by atoms with Crippen molar-refractivity contribution in [2.75, 3.05) is 18.0 Å². The molecule has 2 aromatic carbocycles. The Morgan fingerprint density at radius 2 is 1.93 bits per heavy atom. The van der Waals surface area contributed by atoms with Crippen LogP contribution in [0.2, 0.25) is 0 Å². The second-order valence-corrected chi connectivity index (χ2v) is 7.32. The number of non-ortho nitro benzene ring substituents is 1. The zero-order valence-corrected chi connectivity index (χ0v) is 16.4. The molecule has 0 spiro atoms. The Hall–Kier alpha value is -2.54. The Balaban J connectivity index is 1.89. The smallest absolute Gasteiger partial charge is 0.270 e. The van der Waals surface area contributed by atoms with Crippen LogP contribution in [-0.2, 0) is 0 Å². The first-order chi connectivity index (χ1) is 13.0. The number of rotatable bonds is 5. The molecule has 0 bridgehead atoms. The lowest BCUT2D eigenvalue weighted by Gasteiger charge is -2.25. The summed E-state index contributed by atoms with van der Waals surface area (Å²) in [6.07, 6.45) is 4.03. The molecule has 0 fully saturated rings. The summed E-state index contributed by atoms with van der Waals surface area (Å²) in [6.45, 7) is 0.856. The van der Waals surface area contributed by atoms with Crippen molar-refractivity contribution in [2.45, 2.75) is 25.7 Å². The quantitative estimate of drug-likeness (QED) is 0.379. The van der Waals surface area contributed by atoms with E-state index in [0.717, 1.165) is 48.2 Å². The van der Waals surface area contributed by atoms with Crippen LogP contribution in [0.4, 0.5) is 11.4 Å². The summed E-state index contributed by atoms with van der Waals surface area (Å²) in [5.74, 6) is 0.724. The van der Waals surface area contributed by atoms with Gasteiger partial charge in [0.1, 0.15) is 5.84 Å². The molecule has 6 nitrogen and oxygen atoms in total. The molecule has 0 N–H and O–H groups in total. The molecule has 0 radical (unpaired) electrons. The van der Waals surface area contributed by atoms with Gasteiger partial charge < -0.3 is 4.90 Å². The molecule has 0 aliphatic carbocycles. The number of Topliss-reactive ketones (excluding diaryl/α,β-unsaturated/α-hetero) is 1. The molecule has 1 aliphatic rings. The highest BCUT2D eigenvalue weighted by Crippen LogP contribution is 2.23. The molecule has 0 saturated carbocycles. The normalized spacial score (nSPS) is 14.2. The van der Waals surface area contributed by atoms with Crippen molar-refractivity contribution < 1.29 is 9.72 Å². The lowest BCUT2D eigenvalue weighted by molar-refractivity contribution is -0.384. The van der Waals surface area contributed by atoms with Gasteiger partial charge in [0.05, 0.1) is 11.5 Å². The summed E-state index contributed by atoms with van der Waals surface area (Å²) < 4.78 is 0.957. The SMILES string of the molecule is O=C(CN(C1=NCCCCC1)c1ccc(Br)cc1)c1cccc([N+](=O)[O-])c1. The van der Waals surface area contributed by atoms with E-state index in [9.17, 15) is 14.9 Å². The molecule has 1 heterocycles. The summed E-state index contributed by atoms with van der Waals surface area (Å²) >= 11 is 3.43. The Morgan fingerprint density at radius 1 is 1.15 bits per heavy atom. The highest BCUT2D eigenvalue weighted by molar-refractivity contribution is 9.10. The number of halogens is 1. The molecular weight excluding hydrogens is 410 g/mol. The van der Waals surface area contributed by atoms with Gasteiger partial charge in [-0.3, -0.25) is 19.9 Å². The van der Waals surface area contributed by atoms with Crippen LogP contribution in [0.5, 0.6) is 0 Å². The third-order valence-electron chi connectivity index (χ3n) is 4.48. The fourth-order valence-corrected chi connectivity index (χ4v) is 3.32. The maximum atomic E-state index is 12.9. The first-order valence-corrected chi connectivity index (χ1v) is 9.68. The highest BCUT2D eigenvalue weighted by Gasteiger charge is 2.20. The van der Waals surface area contributed by atoms with Crippen LogP contribution in [0.3, 0.4) is 0 Å². The third kappa shape index (κ3) is 5.01. The Morgan fingerprint density at radius 3 is 2.67 bits per heavy atom. The van der Waals surface area contributed by atoms with Crippen LogP contribution >= 0.6 is 15.9 Å². The fraction of sp³-hybridized carbons (Fsp3) is 0.300. The first kappa shape index (κ1) is 19.2. The monoisotopic (exact) mass is 429 g/mol. The Bertz CT molecular complexity index is 865. The second-order valence-electron chi connectivity index (χ2n) is 6.40. The Kier molecular flexibility index (Phi) is 6.34. The number of amidine groups is 1. The maximum absolute atomic E-state index is 12.9. The summed E-state index contributed by atoms with van der Waals surface area (Å²) in [6, 6.07) is 13.6. The lowest BCUT2D eigenvalue weighted by Crippen LogP contribution is -2.36. The fourth-order valence-electron chi connectivity index (χ4n) is 3.06. The summed E-state index contributed by atoms with van der Waals surface area (Å²) in [5, 5.41) is 11.0. The number of carbonyl (C=O) groups is 1.